The highest BCUT2D eigenvalue weighted by Crippen LogP contribution is 2.25. The van der Waals surface area contributed by atoms with Crippen molar-refractivity contribution >= 4 is 27.7 Å². The molecule has 5 rings (SSSR count). The lowest BCUT2D eigenvalue weighted by molar-refractivity contribution is 0.261. The fraction of sp³-hybridized carbons (Fsp3) is 0.273. The van der Waals surface area contributed by atoms with Crippen LogP contribution in [0.15, 0.2) is 63.9 Å². The van der Waals surface area contributed by atoms with Crippen molar-refractivity contribution in [3.63, 3.8) is 0 Å². The minimum atomic E-state index is -0.397. The molecule has 0 atom stereocenters. The molecule has 2 aromatic carbocycles. The van der Waals surface area contributed by atoms with E-state index in [2.05, 4.69) is 50.1 Å². The van der Waals surface area contributed by atoms with Gasteiger partial charge in [-0.1, -0.05) is 24.3 Å². The SMILES string of the molecule is O=c1[nH]c2ccc(CCN3CCN(c4cccc5cccnc45)CC3)cc2o1. The fourth-order valence-electron chi connectivity index (χ4n) is 3.99. The monoisotopic (exact) mass is 374 g/mol. The summed E-state index contributed by atoms with van der Waals surface area (Å²) >= 11 is 0. The Kier molecular flexibility index (Phi) is 4.33. The van der Waals surface area contributed by atoms with E-state index in [0.29, 0.717) is 5.58 Å². The highest BCUT2D eigenvalue weighted by molar-refractivity contribution is 5.90. The number of piperazine rings is 1. The van der Waals surface area contributed by atoms with E-state index < -0.39 is 5.76 Å². The largest absolute Gasteiger partial charge is 0.417 e. The van der Waals surface area contributed by atoms with Crippen molar-refractivity contribution in [3.05, 3.63) is 70.8 Å². The zero-order chi connectivity index (χ0) is 18.9. The number of hydrogen-bond donors (Lipinski definition) is 1. The third kappa shape index (κ3) is 3.27. The second-order valence-corrected chi connectivity index (χ2v) is 7.28. The minimum Gasteiger partial charge on any atom is -0.408 e. The molecule has 1 fully saturated rings. The van der Waals surface area contributed by atoms with Gasteiger partial charge in [-0.05, 0) is 36.2 Å². The van der Waals surface area contributed by atoms with Crippen molar-refractivity contribution in [3.8, 4) is 0 Å². The second kappa shape index (κ2) is 7.13. The van der Waals surface area contributed by atoms with E-state index in [1.54, 1.807) is 0 Å². The number of rotatable bonds is 4. The lowest BCUT2D eigenvalue weighted by atomic mass is 10.1. The molecule has 1 N–H and O–H groups in total. The number of benzene rings is 2. The van der Waals surface area contributed by atoms with E-state index in [9.17, 15) is 4.79 Å². The molecule has 3 heterocycles. The van der Waals surface area contributed by atoms with Gasteiger partial charge in [-0.25, -0.2) is 4.79 Å². The molecule has 6 heteroatoms. The summed E-state index contributed by atoms with van der Waals surface area (Å²) in [6.45, 7) is 5.07. The summed E-state index contributed by atoms with van der Waals surface area (Å²) in [4.78, 5) is 23.5. The first-order valence-corrected chi connectivity index (χ1v) is 9.69. The number of H-pyrrole nitrogens is 1. The van der Waals surface area contributed by atoms with Crippen LogP contribution in [0.1, 0.15) is 5.56 Å². The van der Waals surface area contributed by atoms with Gasteiger partial charge in [0.05, 0.1) is 16.7 Å². The van der Waals surface area contributed by atoms with Crippen LogP contribution in [0.25, 0.3) is 22.0 Å². The Hall–Kier alpha value is -3.12. The smallest absolute Gasteiger partial charge is 0.408 e. The maximum Gasteiger partial charge on any atom is 0.417 e. The number of aromatic nitrogens is 2. The van der Waals surface area contributed by atoms with E-state index in [0.717, 1.165) is 50.2 Å². The van der Waals surface area contributed by atoms with Crippen molar-refractivity contribution in [1.29, 1.82) is 0 Å². The number of para-hydroxylation sites is 1. The van der Waals surface area contributed by atoms with Gasteiger partial charge in [0.1, 0.15) is 0 Å². The van der Waals surface area contributed by atoms with Crippen LogP contribution < -0.4 is 10.7 Å². The number of nitrogens with zero attached hydrogens (tertiary/aromatic N) is 3. The van der Waals surface area contributed by atoms with E-state index in [1.807, 2.05) is 24.4 Å². The van der Waals surface area contributed by atoms with Crippen molar-refractivity contribution < 1.29 is 4.42 Å². The van der Waals surface area contributed by atoms with Crippen LogP contribution in [-0.2, 0) is 6.42 Å². The molecule has 142 valence electrons. The van der Waals surface area contributed by atoms with Crippen LogP contribution in [-0.4, -0.2) is 47.6 Å². The molecular weight excluding hydrogens is 352 g/mol. The Morgan fingerprint density at radius 3 is 2.79 bits per heavy atom. The molecule has 0 saturated carbocycles. The van der Waals surface area contributed by atoms with Gasteiger partial charge in [0.15, 0.2) is 5.58 Å². The van der Waals surface area contributed by atoms with Crippen LogP contribution in [0.3, 0.4) is 0 Å². The summed E-state index contributed by atoms with van der Waals surface area (Å²) < 4.78 is 5.16. The normalized spacial score (nSPS) is 15.5. The molecule has 0 bridgehead atoms. The molecule has 1 aliphatic heterocycles. The van der Waals surface area contributed by atoms with Gasteiger partial charge in [0.2, 0.25) is 0 Å². The lowest BCUT2D eigenvalue weighted by Crippen LogP contribution is -2.47. The van der Waals surface area contributed by atoms with E-state index >= 15 is 0 Å². The maximum absolute atomic E-state index is 11.3. The van der Waals surface area contributed by atoms with Gasteiger partial charge in [0, 0.05) is 44.3 Å². The van der Waals surface area contributed by atoms with Crippen LogP contribution >= 0.6 is 0 Å². The Morgan fingerprint density at radius 2 is 1.89 bits per heavy atom. The highest BCUT2D eigenvalue weighted by atomic mass is 16.4. The molecule has 28 heavy (non-hydrogen) atoms. The Bertz CT molecular complexity index is 1170. The van der Waals surface area contributed by atoms with Crippen LogP contribution in [0, 0.1) is 0 Å². The molecule has 0 unspecified atom stereocenters. The molecule has 1 aliphatic rings. The zero-order valence-electron chi connectivity index (χ0n) is 15.6. The van der Waals surface area contributed by atoms with Gasteiger partial charge < -0.3 is 9.32 Å². The maximum atomic E-state index is 11.3. The molecule has 6 nitrogen and oxygen atoms in total. The molecule has 2 aromatic heterocycles. The number of oxazole rings is 1. The van der Waals surface area contributed by atoms with Crippen molar-refractivity contribution in [2.75, 3.05) is 37.6 Å². The molecule has 0 spiro atoms. The van der Waals surface area contributed by atoms with Gasteiger partial charge in [-0.2, -0.15) is 0 Å². The third-order valence-electron chi connectivity index (χ3n) is 5.53. The molecular formula is C22H22N4O2. The third-order valence-corrected chi connectivity index (χ3v) is 5.53. The Balaban J connectivity index is 1.22. The van der Waals surface area contributed by atoms with Gasteiger partial charge in [-0.15, -0.1) is 0 Å². The summed E-state index contributed by atoms with van der Waals surface area (Å²) in [6.07, 6.45) is 2.81. The van der Waals surface area contributed by atoms with Gasteiger partial charge >= 0.3 is 5.76 Å². The number of fused-ring (bicyclic) bond motifs is 2. The first-order chi connectivity index (χ1) is 13.8. The second-order valence-electron chi connectivity index (χ2n) is 7.28. The lowest BCUT2D eigenvalue weighted by Gasteiger charge is -2.36. The molecule has 0 amide bonds. The topological polar surface area (TPSA) is 65.4 Å². The summed E-state index contributed by atoms with van der Waals surface area (Å²) in [5.41, 5.74) is 4.89. The number of nitrogens with one attached hydrogen (secondary N) is 1. The van der Waals surface area contributed by atoms with E-state index in [1.165, 1.54) is 16.6 Å². The fourth-order valence-corrected chi connectivity index (χ4v) is 3.99. The predicted molar refractivity (Wildman–Crippen MR) is 111 cm³/mol. The van der Waals surface area contributed by atoms with E-state index in [-0.39, 0.29) is 0 Å². The first kappa shape index (κ1) is 17.0. The van der Waals surface area contributed by atoms with Crippen LogP contribution in [0.5, 0.6) is 0 Å². The van der Waals surface area contributed by atoms with Crippen LogP contribution in [0.2, 0.25) is 0 Å². The van der Waals surface area contributed by atoms with Gasteiger partial charge in [0.25, 0.3) is 0 Å². The highest BCUT2D eigenvalue weighted by Gasteiger charge is 2.19. The van der Waals surface area contributed by atoms with Crippen molar-refractivity contribution in [2.45, 2.75) is 6.42 Å². The summed E-state index contributed by atoms with van der Waals surface area (Å²) in [6, 6.07) is 16.4. The van der Waals surface area contributed by atoms with Crippen molar-refractivity contribution in [2.24, 2.45) is 0 Å². The number of aromatic amines is 1. The Morgan fingerprint density at radius 1 is 1.04 bits per heavy atom. The standard InChI is InChI=1S/C22H22N4O2/c27-22-24-18-7-6-16(15-20(18)28-22)8-10-25-11-13-26(14-12-25)19-5-1-3-17-4-2-9-23-21(17)19/h1-7,9,15H,8,10-14H2,(H,24,27). The average Bonchev–Trinajstić information content (AvgIpc) is 3.11. The minimum absolute atomic E-state index is 0.397. The number of pyridine rings is 1. The van der Waals surface area contributed by atoms with E-state index in [4.69, 9.17) is 4.42 Å². The molecule has 4 aromatic rings. The molecule has 0 radical (unpaired) electrons. The summed E-state index contributed by atoms with van der Waals surface area (Å²) in [7, 11) is 0. The van der Waals surface area contributed by atoms with Crippen LogP contribution in [0.4, 0.5) is 5.69 Å². The molecule has 1 saturated heterocycles. The summed E-state index contributed by atoms with van der Waals surface area (Å²) in [5, 5.41) is 1.19. The predicted octanol–water partition coefficient (Wildman–Crippen LogP) is 3.03. The quantitative estimate of drug-likeness (QED) is 0.595. The molecule has 0 aliphatic carbocycles. The average molecular weight is 374 g/mol. The zero-order valence-corrected chi connectivity index (χ0v) is 15.6. The number of anilines is 1. The van der Waals surface area contributed by atoms with Crippen molar-refractivity contribution in [1.82, 2.24) is 14.9 Å². The Labute approximate surface area is 162 Å². The van der Waals surface area contributed by atoms with Gasteiger partial charge in [-0.3, -0.25) is 14.9 Å². The summed E-state index contributed by atoms with van der Waals surface area (Å²) in [5.74, 6) is -0.397. The first-order valence-electron chi connectivity index (χ1n) is 9.69. The number of hydrogen-bond acceptors (Lipinski definition) is 5.